The van der Waals surface area contributed by atoms with E-state index in [1.165, 1.54) is 0 Å². The minimum absolute atomic E-state index is 0.0170. The molecule has 2 rings (SSSR count). The van der Waals surface area contributed by atoms with Gasteiger partial charge in [0.15, 0.2) is 0 Å². The fourth-order valence-corrected chi connectivity index (χ4v) is 2.48. The molecular weight excluding hydrogens is 230 g/mol. The number of nitrogens with zero attached hydrogens (tertiary/aromatic N) is 2. The monoisotopic (exact) mass is 253 g/mol. The molecular formula is C13H23N3O2. The summed E-state index contributed by atoms with van der Waals surface area (Å²) in [5.41, 5.74) is 5.55. The van der Waals surface area contributed by atoms with Crippen LogP contribution in [0.5, 0.6) is 0 Å². The molecule has 102 valence electrons. The van der Waals surface area contributed by atoms with Crippen molar-refractivity contribution >= 4 is 0 Å². The molecule has 0 aliphatic carbocycles. The van der Waals surface area contributed by atoms with E-state index >= 15 is 0 Å². The first-order valence-electron chi connectivity index (χ1n) is 6.80. The molecule has 18 heavy (non-hydrogen) atoms. The van der Waals surface area contributed by atoms with Gasteiger partial charge in [-0.05, 0) is 39.5 Å². The van der Waals surface area contributed by atoms with Crippen LogP contribution in [-0.2, 0) is 10.3 Å². The molecule has 1 aliphatic heterocycles. The lowest BCUT2D eigenvalue weighted by atomic mass is 9.95. The normalized spacial score (nSPS) is 28.0. The van der Waals surface area contributed by atoms with Crippen LogP contribution >= 0.6 is 0 Å². The standard InChI is InChI=1S/C13H23N3O2/c1-4-10(9(2)14)11-15-12(16-18-11)13(3)7-5-6-8-17-13/h9-10H,4-8,14H2,1-3H3. The highest BCUT2D eigenvalue weighted by Gasteiger charge is 2.36. The molecule has 1 aromatic rings. The van der Waals surface area contributed by atoms with Crippen molar-refractivity contribution in [2.24, 2.45) is 5.73 Å². The van der Waals surface area contributed by atoms with Gasteiger partial charge in [-0.2, -0.15) is 4.98 Å². The second-order valence-electron chi connectivity index (χ2n) is 5.37. The van der Waals surface area contributed by atoms with E-state index in [-0.39, 0.29) is 12.0 Å². The van der Waals surface area contributed by atoms with Gasteiger partial charge in [0.2, 0.25) is 11.7 Å². The van der Waals surface area contributed by atoms with Crippen molar-refractivity contribution < 1.29 is 9.26 Å². The van der Waals surface area contributed by atoms with Gasteiger partial charge in [0, 0.05) is 12.6 Å². The van der Waals surface area contributed by atoms with Crippen LogP contribution < -0.4 is 5.73 Å². The summed E-state index contributed by atoms with van der Waals surface area (Å²) in [5, 5.41) is 4.10. The van der Waals surface area contributed by atoms with Crippen LogP contribution in [0, 0.1) is 0 Å². The summed E-state index contributed by atoms with van der Waals surface area (Å²) < 4.78 is 11.2. The predicted octanol–water partition coefficient (Wildman–Crippen LogP) is 2.33. The Kier molecular flexibility index (Phi) is 4.02. The lowest BCUT2D eigenvalue weighted by Crippen LogP contribution is -2.31. The van der Waals surface area contributed by atoms with E-state index in [0.717, 1.165) is 32.3 Å². The summed E-state index contributed by atoms with van der Waals surface area (Å²) in [4.78, 5) is 4.52. The molecule has 0 saturated carbocycles. The summed E-state index contributed by atoms with van der Waals surface area (Å²) in [7, 11) is 0. The van der Waals surface area contributed by atoms with Gasteiger partial charge >= 0.3 is 0 Å². The summed E-state index contributed by atoms with van der Waals surface area (Å²) in [6.45, 7) is 6.85. The van der Waals surface area contributed by atoms with Crippen molar-refractivity contribution in [1.29, 1.82) is 0 Å². The molecule has 2 heterocycles. The van der Waals surface area contributed by atoms with Crippen molar-refractivity contribution in [3.05, 3.63) is 11.7 Å². The third kappa shape index (κ3) is 2.57. The van der Waals surface area contributed by atoms with Gasteiger partial charge in [-0.1, -0.05) is 12.1 Å². The Hall–Kier alpha value is -0.940. The highest BCUT2D eigenvalue weighted by molar-refractivity contribution is 5.04. The highest BCUT2D eigenvalue weighted by Crippen LogP contribution is 2.33. The third-order valence-corrected chi connectivity index (χ3v) is 3.78. The van der Waals surface area contributed by atoms with Gasteiger partial charge in [0.1, 0.15) is 5.60 Å². The third-order valence-electron chi connectivity index (χ3n) is 3.78. The summed E-state index contributed by atoms with van der Waals surface area (Å²) in [6, 6.07) is 0.0170. The SMILES string of the molecule is CCC(c1nc(C2(C)CCCCO2)no1)C(C)N. The summed E-state index contributed by atoms with van der Waals surface area (Å²) in [6.07, 6.45) is 4.10. The van der Waals surface area contributed by atoms with E-state index in [1.54, 1.807) is 0 Å². The number of ether oxygens (including phenoxy) is 1. The van der Waals surface area contributed by atoms with Gasteiger partial charge < -0.3 is 15.0 Å². The zero-order valence-electron chi connectivity index (χ0n) is 11.5. The molecule has 1 aromatic heterocycles. The van der Waals surface area contributed by atoms with Crippen LogP contribution in [0.25, 0.3) is 0 Å². The second-order valence-corrected chi connectivity index (χ2v) is 5.37. The van der Waals surface area contributed by atoms with Crippen LogP contribution in [0.4, 0.5) is 0 Å². The number of hydrogen-bond donors (Lipinski definition) is 1. The average molecular weight is 253 g/mol. The average Bonchev–Trinajstić information content (AvgIpc) is 2.80. The van der Waals surface area contributed by atoms with Gasteiger partial charge in [0.05, 0.1) is 5.92 Å². The molecule has 1 aliphatic rings. The first-order chi connectivity index (χ1) is 8.57. The molecule has 1 saturated heterocycles. The molecule has 0 aromatic carbocycles. The van der Waals surface area contributed by atoms with Crippen LogP contribution in [0.3, 0.4) is 0 Å². The Labute approximate surface area is 108 Å². The summed E-state index contributed by atoms with van der Waals surface area (Å²) >= 11 is 0. The highest BCUT2D eigenvalue weighted by atomic mass is 16.5. The molecule has 0 amide bonds. The second kappa shape index (κ2) is 5.36. The van der Waals surface area contributed by atoms with Gasteiger partial charge in [-0.3, -0.25) is 0 Å². The van der Waals surface area contributed by atoms with E-state index in [0.29, 0.717) is 11.7 Å². The Bertz CT molecular complexity index is 383. The molecule has 0 spiro atoms. The molecule has 0 bridgehead atoms. The van der Waals surface area contributed by atoms with E-state index < -0.39 is 5.60 Å². The molecule has 2 N–H and O–H groups in total. The molecule has 5 heteroatoms. The molecule has 3 atom stereocenters. The fraction of sp³-hybridized carbons (Fsp3) is 0.846. The van der Waals surface area contributed by atoms with E-state index in [4.69, 9.17) is 15.0 Å². The molecule has 0 radical (unpaired) electrons. The topological polar surface area (TPSA) is 74.2 Å². The van der Waals surface area contributed by atoms with Crippen molar-refractivity contribution in [1.82, 2.24) is 10.1 Å². The molecule has 5 nitrogen and oxygen atoms in total. The number of hydrogen-bond acceptors (Lipinski definition) is 5. The number of nitrogens with two attached hydrogens (primary N) is 1. The fourth-order valence-electron chi connectivity index (χ4n) is 2.48. The van der Waals surface area contributed by atoms with Crippen LogP contribution in [0.15, 0.2) is 4.52 Å². The maximum atomic E-state index is 5.94. The van der Waals surface area contributed by atoms with Crippen LogP contribution in [-0.4, -0.2) is 22.8 Å². The van der Waals surface area contributed by atoms with Gasteiger partial charge in [-0.25, -0.2) is 0 Å². The smallest absolute Gasteiger partial charge is 0.231 e. The number of rotatable bonds is 4. The Morgan fingerprint density at radius 2 is 2.22 bits per heavy atom. The predicted molar refractivity (Wildman–Crippen MR) is 68.1 cm³/mol. The van der Waals surface area contributed by atoms with Crippen molar-refractivity contribution in [3.8, 4) is 0 Å². The van der Waals surface area contributed by atoms with E-state index in [1.807, 2.05) is 13.8 Å². The maximum absolute atomic E-state index is 5.94. The van der Waals surface area contributed by atoms with Crippen molar-refractivity contribution in [2.75, 3.05) is 6.61 Å². The largest absolute Gasteiger partial charge is 0.367 e. The first kappa shape index (κ1) is 13.5. The minimum Gasteiger partial charge on any atom is -0.367 e. The molecule has 1 fully saturated rings. The van der Waals surface area contributed by atoms with Gasteiger partial charge in [0.25, 0.3) is 0 Å². The molecule has 3 unspecified atom stereocenters. The summed E-state index contributed by atoms with van der Waals surface area (Å²) in [5.74, 6) is 1.42. The van der Waals surface area contributed by atoms with E-state index in [9.17, 15) is 0 Å². The Morgan fingerprint density at radius 1 is 1.44 bits per heavy atom. The number of aromatic nitrogens is 2. The Balaban J connectivity index is 2.19. The van der Waals surface area contributed by atoms with Crippen molar-refractivity contribution in [2.45, 2.75) is 64.0 Å². The Morgan fingerprint density at radius 3 is 2.78 bits per heavy atom. The zero-order chi connectivity index (χ0) is 13.2. The maximum Gasteiger partial charge on any atom is 0.231 e. The van der Waals surface area contributed by atoms with Gasteiger partial charge in [-0.15, -0.1) is 0 Å². The van der Waals surface area contributed by atoms with Crippen molar-refractivity contribution in [3.63, 3.8) is 0 Å². The zero-order valence-corrected chi connectivity index (χ0v) is 11.5. The lowest BCUT2D eigenvalue weighted by Gasteiger charge is -2.30. The van der Waals surface area contributed by atoms with Crippen LogP contribution in [0.1, 0.15) is 64.1 Å². The lowest BCUT2D eigenvalue weighted by molar-refractivity contribution is -0.0770. The first-order valence-corrected chi connectivity index (χ1v) is 6.80. The van der Waals surface area contributed by atoms with Crippen LogP contribution in [0.2, 0.25) is 0 Å². The quantitative estimate of drug-likeness (QED) is 0.891. The van der Waals surface area contributed by atoms with E-state index in [2.05, 4.69) is 17.1 Å². The minimum atomic E-state index is -0.393.